The molecule has 0 amide bonds. The SMILES string of the molecule is CN=C(NCc1cc(C)ccc1OC(F)F)NCc1ccccc1[N+](=O)[O-]. The highest BCUT2D eigenvalue weighted by Crippen LogP contribution is 2.22. The van der Waals surface area contributed by atoms with Gasteiger partial charge in [-0.25, -0.2) is 0 Å². The summed E-state index contributed by atoms with van der Waals surface area (Å²) in [5, 5.41) is 17.0. The average molecular weight is 378 g/mol. The Hall–Kier alpha value is -3.23. The molecule has 0 radical (unpaired) electrons. The van der Waals surface area contributed by atoms with Crippen molar-refractivity contribution < 1.29 is 18.4 Å². The number of para-hydroxylation sites is 1. The zero-order chi connectivity index (χ0) is 19.8. The highest BCUT2D eigenvalue weighted by atomic mass is 19.3. The van der Waals surface area contributed by atoms with Crippen LogP contribution < -0.4 is 15.4 Å². The molecule has 0 aliphatic rings. The van der Waals surface area contributed by atoms with Gasteiger partial charge in [-0.1, -0.05) is 35.9 Å². The number of nitrogens with one attached hydrogen (secondary N) is 2. The molecule has 7 nitrogen and oxygen atoms in total. The lowest BCUT2D eigenvalue weighted by molar-refractivity contribution is -0.385. The molecule has 0 unspecified atom stereocenters. The van der Waals surface area contributed by atoms with Crippen molar-refractivity contribution in [3.05, 3.63) is 69.3 Å². The molecule has 0 spiro atoms. The first-order valence-corrected chi connectivity index (χ1v) is 8.12. The van der Waals surface area contributed by atoms with Gasteiger partial charge in [0.2, 0.25) is 0 Å². The Bertz CT molecular complexity index is 828. The van der Waals surface area contributed by atoms with Gasteiger partial charge < -0.3 is 15.4 Å². The molecule has 2 rings (SSSR count). The summed E-state index contributed by atoms with van der Waals surface area (Å²) >= 11 is 0. The van der Waals surface area contributed by atoms with E-state index in [1.54, 1.807) is 37.4 Å². The van der Waals surface area contributed by atoms with Crippen LogP contribution in [0.1, 0.15) is 16.7 Å². The number of aryl methyl sites for hydroxylation is 1. The molecule has 0 aliphatic heterocycles. The highest BCUT2D eigenvalue weighted by Gasteiger charge is 2.13. The first-order chi connectivity index (χ1) is 12.9. The number of nitro groups is 1. The second kappa shape index (κ2) is 9.46. The number of ether oxygens (including phenoxy) is 1. The van der Waals surface area contributed by atoms with Crippen molar-refractivity contribution in [2.75, 3.05) is 7.05 Å². The normalized spacial score (nSPS) is 11.4. The van der Waals surface area contributed by atoms with Gasteiger partial charge in [0.25, 0.3) is 5.69 Å². The maximum Gasteiger partial charge on any atom is 0.387 e. The lowest BCUT2D eigenvalue weighted by Crippen LogP contribution is -2.36. The average Bonchev–Trinajstić information content (AvgIpc) is 2.63. The van der Waals surface area contributed by atoms with Gasteiger partial charge in [0.05, 0.1) is 4.92 Å². The number of rotatable bonds is 7. The minimum atomic E-state index is -2.91. The van der Waals surface area contributed by atoms with E-state index in [2.05, 4.69) is 20.4 Å². The number of benzene rings is 2. The number of alkyl halides is 2. The molecule has 2 aromatic carbocycles. The number of guanidine groups is 1. The van der Waals surface area contributed by atoms with E-state index in [1.165, 1.54) is 12.1 Å². The van der Waals surface area contributed by atoms with Crippen LogP contribution in [0.5, 0.6) is 5.75 Å². The van der Waals surface area contributed by atoms with E-state index in [4.69, 9.17) is 0 Å². The van der Waals surface area contributed by atoms with Crippen LogP contribution in [0.25, 0.3) is 0 Å². The quantitative estimate of drug-likeness (QED) is 0.334. The zero-order valence-electron chi connectivity index (χ0n) is 14.9. The van der Waals surface area contributed by atoms with Crippen molar-refractivity contribution in [1.82, 2.24) is 10.6 Å². The molecule has 0 bridgehead atoms. The Morgan fingerprint density at radius 2 is 1.85 bits per heavy atom. The molecule has 2 N–H and O–H groups in total. The molecule has 9 heteroatoms. The van der Waals surface area contributed by atoms with Gasteiger partial charge in [-0.3, -0.25) is 15.1 Å². The fourth-order valence-corrected chi connectivity index (χ4v) is 2.47. The van der Waals surface area contributed by atoms with Gasteiger partial charge in [-0.15, -0.1) is 0 Å². The van der Waals surface area contributed by atoms with Crippen molar-refractivity contribution in [2.45, 2.75) is 26.6 Å². The van der Waals surface area contributed by atoms with Crippen molar-refractivity contribution in [1.29, 1.82) is 0 Å². The van der Waals surface area contributed by atoms with Gasteiger partial charge in [-0.2, -0.15) is 8.78 Å². The number of hydrogen-bond donors (Lipinski definition) is 2. The third-order valence-electron chi connectivity index (χ3n) is 3.74. The highest BCUT2D eigenvalue weighted by molar-refractivity contribution is 5.79. The van der Waals surface area contributed by atoms with Crippen molar-refractivity contribution >= 4 is 11.6 Å². The van der Waals surface area contributed by atoms with Gasteiger partial charge >= 0.3 is 6.61 Å². The van der Waals surface area contributed by atoms with Gasteiger partial charge in [0.15, 0.2) is 5.96 Å². The van der Waals surface area contributed by atoms with E-state index in [-0.39, 0.29) is 24.5 Å². The van der Waals surface area contributed by atoms with E-state index in [9.17, 15) is 18.9 Å². The molecule has 0 aromatic heterocycles. The molecular formula is C18H20F2N4O3. The third kappa shape index (κ3) is 5.91. The molecule has 144 valence electrons. The van der Waals surface area contributed by atoms with Crippen LogP contribution in [0.4, 0.5) is 14.5 Å². The topological polar surface area (TPSA) is 88.8 Å². The second-order valence-corrected chi connectivity index (χ2v) is 5.65. The predicted octanol–water partition coefficient (Wildman–Crippen LogP) is 3.37. The summed E-state index contributed by atoms with van der Waals surface area (Å²) in [6.45, 7) is -0.690. The van der Waals surface area contributed by atoms with Crippen molar-refractivity contribution in [3.63, 3.8) is 0 Å². The van der Waals surface area contributed by atoms with Gasteiger partial charge in [0, 0.05) is 37.3 Å². The summed E-state index contributed by atoms with van der Waals surface area (Å²) in [6, 6.07) is 11.3. The Morgan fingerprint density at radius 3 is 2.48 bits per heavy atom. The summed E-state index contributed by atoms with van der Waals surface area (Å²) in [5.74, 6) is 0.454. The van der Waals surface area contributed by atoms with E-state index >= 15 is 0 Å². The maximum atomic E-state index is 12.5. The largest absolute Gasteiger partial charge is 0.434 e. The molecule has 27 heavy (non-hydrogen) atoms. The number of halogens is 2. The maximum absolute atomic E-state index is 12.5. The Morgan fingerprint density at radius 1 is 1.19 bits per heavy atom. The minimum Gasteiger partial charge on any atom is -0.434 e. The third-order valence-corrected chi connectivity index (χ3v) is 3.74. The molecule has 0 heterocycles. The van der Waals surface area contributed by atoms with Crippen molar-refractivity contribution in [3.8, 4) is 5.75 Å². The molecule has 0 saturated heterocycles. The standard InChI is InChI=1S/C18H20F2N4O3/c1-12-7-8-16(27-17(19)20)14(9-12)11-23-18(21-2)22-10-13-5-3-4-6-15(13)24(25)26/h3-9,17H,10-11H2,1-2H3,(H2,21,22,23). The molecular weight excluding hydrogens is 358 g/mol. The van der Waals surface area contributed by atoms with Crippen LogP contribution in [0, 0.1) is 17.0 Å². The smallest absolute Gasteiger partial charge is 0.387 e. The molecule has 0 atom stereocenters. The lowest BCUT2D eigenvalue weighted by Gasteiger charge is -2.15. The monoisotopic (exact) mass is 378 g/mol. The van der Waals surface area contributed by atoms with Gasteiger partial charge in [0.1, 0.15) is 5.75 Å². The summed E-state index contributed by atoms with van der Waals surface area (Å²) in [5.41, 5.74) is 1.95. The summed E-state index contributed by atoms with van der Waals surface area (Å²) in [6.07, 6.45) is 0. The lowest BCUT2D eigenvalue weighted by atomic mass is 10.1. The van der Waals surface area contributed by atoms with Crippen LogP contribution >= 0.6 is 0 Å². The van der Waals surface area contributed by atoms with Crippen LogP contribution in [-0.2, 0) is 13.1 Å². The van der Waals surface area contributed by atoms with E-state index in [0.717, 1.165) is 5.56 Å². The molecule has 0 fully saturated rings. The van der Waals surface area contributed by atoms with E-state index in [1.807, 2.05) is 6.92 Å². The zero-order valence-corrected chi connectivity index (χ0v) is 14.9. The first-order valence-electron chi connectivity index (χ1n) is 8.12. The predicted molar refractivity (Wildman–Crippen MR) is 97.9 cm³/mol. The number of aliphatic imine (C=N–C) groups is 1. The Balaban J connectivity index is 2.03. The molecule has 0 aliphatic carbocycles. The van der Waals surface area contributed by atoms with Crippen LogP contribution in [-0.4, -0.2) is 24.5 Å². The van der Waals surface area contributed by atoms with E-state index in [0.29, 0.717) is 17.1 Å². The summed E-state index contributed by atoms with van der Waals surface area (Å²) < 4.78 is 29.6. The fraction of sp³-hybridized carbons (Fsp3) is 0.278. The number of nitrogens with zero attached hydrogens (tertiary/aromatic N) is 2. The minimum absolute atomic E-state index is 0.00626. The fourth-order valence-electron chi connectivity index (χ4n) is 2.47. The molecule has 2 aromatic rings. The van der Waals surface area contributed by atoms with Crippen LogP contribution in [0.2, 0.25) is 0 Å². The Kier molecular flexibility index (Phi) is 7.04. The summed E-state index contributed by atoms with van der Waals surface area (Å²) in [7, 11) is 1.54. The van der Waals surface area contributed by atoms with Crippen LogP contribution in [0.15, 0.2) is 47.5 Å². The number of nitro benzene ring substituents is 1. The van der Waals surface area contributed by atoms with E-state index < -0.39 is 11.5 Å². The second-order valence-electron chi connectivity index (χ2n) is 5.65. The van der Waals surface area contributed by atoms with Crippen molar-refractivity contribution in [2.24, 2.45) is 4.99 Å². The summed E-state index contributed by atoms with van der Waals surface area (Å²) in [4.78, 5) is 14.7. The first kappa shape index (κ1) is 20.1. The number of hydrogen-bond acceptors (Lipinski definition) is 4. The Labute approximate surface area is 155 Å². The van der Waals surface area contributed by atoms with Crippen LogP contribution in [0.3, 0.4) is 0 Å². The molecule has 0 saturated carbocycles. The van der Waals surface area contributed by atoms with Gasteiger partial charge in [-0.05, 0) is 13.0 Å².